The average molecular weight is 287 g/mol. The van der Waals surface area contributed by atoms with E-state index in [0.717, 1.165) is 19.1 Å². The number of benzene rings is 1. The van der Waals surface area contributed by atoms with Crippen LogP contribution >= 0.6 is 24.2 Å². The lowest BCUT2D eigenvalue weighted by Gasteiger charge is -2.24. The van der Waals surface area contributed by atoms with E-state index in [9.17, 15) is 0 Å². The summed E-state index contributed by atoms with van der Waals surface area (Å²) >= 11 is 1.81. The van der Waals surface area contributed by atoms with E-state index < -0.39 is 0 Å². The van der Waals surface area contributed by atoms with Crippen LogP contribution in [0, 0.1) is 0 Å². The summed E-state index contributed by atoms with van der Waals surface area (Å²) in [6.45, 7) is 3.46. The second-order valence-corrected chi connectivity index (χ2v) is 5.55. The number of rotatable bonds is 5. The molecule has 0 bridgehead atoms. The van der Waals surface area contributed by atoms with E-state index in [1.54, 1.807) is 11.8 Å². The average Bonchev–Trinajstić information content (AvgIpc) is 2.78. The van der Waals surface area contributed by atoms with Crippen LogP contribution in [0.2, 0.25) is 0 Å². The molecule has 2 rings (SSSR count). The predicted molar refractivity (Wildman–Crippen MR) is 82.8 cm³/mol. The van der Waals surface area contributed by atoms with Crippen LogP contribution in [0.1, 0.15) is 18.4 Å². The van der Waals surface area contributed by atoms with E-state index in [0.29, 0.717) is 0 Å². The molecule has 2 nitrogen and oxygen atoms in total. The van der Waals surface area contributed by atoms with Crippen LogP contribution in [-0.4, -0.2) is 37.3 Å². The molecule has 1 atom stereocenters. The van der Waals surface area contributed by atoms with Gasteiger partial charge in [0.15, 0.2) is 0 Å². The molecule has 1 aliphatic rings. The van der Waals surface area contributed by atoms with Crippen molar-refractivity contribution in [3.8, 4) is 0 Å². The zero-order valence-corrected chi connectivity index (χ0v) is 12.8. The van der Waals surface area contributed by atoms with Crippen molar-refractivity contribution >= 4 is 24.2 Å². The molecule has 1 aromatic carbocycles. The van der Waals surface area contributed by atoms with Gasteiger partial charge >= 0.3 is 0 Å². The Morgan fingerprint density at radius 2 is 2.06 bits per heavy atom. The Labute approximate surface area is 121 Å². The van der Waals surface area contributed by atoms with E-state index in [1.165, 1.54) is 29.8 Å². The second kappa shape index (κ2) is 8.05. The van der Waals surface area contributed by atoms with E-state index >= 15 is 0 Å². The third kappa shape index (κ3) is 4.16. The smallest absolute Gasteiger partial charge is 0.0237 e. The number of thioether (sulfide) groups is 1. The highest BCUT2D eigenvalue weighted by atomic mass is 35.5. The van der Waals surface area contributed by atoms with Crippen molar-refractivity contribution in [2.24, 2.45) is 0 Å². The number of hydrogen-bond acceptors (Lipinski definition) is 3. The molecule has 1 heterocycles. The molecule has 18 heavy (non-hydrogen) atoms. The van der Waals surface area contributed by atoms with Gasteiger partial charge in [-0.2, -0.15) is 0 Å². The van der Waals surface area contributed by atoms with Gasteiger partial charge in [0.05, 0.1) is 0 Å². The lowest BCUT2D eigenvalue weighted by Crippen LogP contribution is -2.36. The van der Waals surface area contributed by atoms with Gasteiger partial charge in [0.25, 0.3) is 0 Å². The maximum atomic E-state index is 3.30. The first-order valence-corrected chi connectivity index (χ1v) is 7.57. The molecule has 102 valence electrons. The zero-order chi connectivity index (χ0) is 12.1. The number of likely N-dealkylation sites (N-methyl/N-ethyl adjacent to an activating group) is 1. The third-order valence-electron chi connectivity index (χ3n) is 3.48. The van der Waals surface area contributed by atoms with Gasteiger partial charge < -0.3 is 5.32 Å². The Balaban J connectivity index is 0.00000162. The summed E-state index contributed by atoms with van der Waals surface area (Å²) in [5.41, 5.74) is 1.44. The summed E-state index contributed by atoms with van der Waals surface area (Å²) in [4.78, 5) is 3.95. The first-order valence-electron chi connectivity index (χ1n) is 6.35. The fraction of sp³-hybridized carbons (Fsp3) is 0.571. The predicted octanol–water partition coefficient (Wildman–Crippen LogP) is 3.01. The van der Waals surface area contributed by atoms with Gasteiger partial charge in [-0.3, -0.25) is 4.90 Å². The third-order valence-corrected chi connectivity index (χ3v) is 4.23. The van der Waals surface area contributed by atoms with Crippen molar-refractivity contribution in [1.82, 2.24) is 10.2 Å². The van der Waals surface area contributed by atoms with Gasteiger partial charge in [-0.15, -0.1) is 24.2 Å². The first kappa shape index (κ1) is 15.8. The summed E-state index contributed by atoms with van der Waals surface area (Å²) in [7, 11) is 2.05. The van der Waals surface area contributed by atoms with Crippen LogP contribution in [0.5, 0.6) is 0 Å². The van der Waals surface area contributed by atoms with Crippen molar-refractivity contribution in [1.29, 1.82) is 0 Å². The minimum atomic E-state index is 0. The molecule has 0 saturated carbocycles. The maximum absolute atomic E-state index is 3.30. The molecule has 4 heteroatoms. The van der Waals surface area contributed by atoms with Crippen LogP contribution in [0.4, 0.5) is 0 Å². The topological polar surface area (TPSA) is 15.3 Å². The Morgan fingerprint density at radius 3 is 2.67 bits per heavy atom. The number of likely N-dealkylation sites (tertiary alicyclic amines) is 1. The Bertz CT molecular complexity index is 342. The summed E-state index contributed by atoms with van der Waals surface area (Å²) in [5.74, 6) is 0. The maximum Gasteiger partial charge on any atom is 0.0237 e. The highest BCUT2D eigenvalue weighted by Gasteiger charge is 2.23. The fourth-order valence-electron chi connectivity index (χ4n) is 2.54. The Morgan fingerprint density at radius 1 is 1.33 bits per heavy atom. The molecule has 1 aromatic rings. The molecule has 0 aromatic heterocycles. The molecule has 0 radical (unpaired) electrons. The van der Waals surface area contributed by atoms with E-state index in [-0.39, 0.29) is 12.4 Å². The first-order chi connectivity index (χ1) is 8.33. The molecular formula is C14H23ClN2S. The standard InChI is InChI=1S/C14H22N2S.ClH/c1-15-10-13-4-3-9-16(13)11-12-5-7-14(17-2)8-6-12;/h5-8,13,15H,3-4,9-11H2,1-2H3;1H. The molecule has 1 fully saturated rings. The highest BCUT2D eigenvalue weighted by Crippen LogP contribution is 2.21. The Hall–Kier alpha value is -0.220. The van der Waals surface area contributed by atoms with E-state index in [1.807, 2.05) is 7.05 Å². The van der Waals surface area contributed by atoms with Crippen LogP contribution in [0.25, 0.3) is 0 Å². The lowest BCUT2D eigenvalue weighted by atomic mass is 10.2. The summed E-state index contributed by atoms with van der Waals surface area (Å²) in [5, 5.41) is 3.30. The van der Waals surface area contributed by atoms with Crippen LogP contribution in [0.15, 0.2) is 29.2 Å². The SMILES string of the molecule is CNCC1CCCN1Cc1ccc(SC)cc1.Cl. The summed E-state index contributed by atoms with van der Waals surface area (Å²) in [6.07, 6.45) is 4.80. The molecule has 0 aliphatic carbocycles. The number of nitrogens with one attached hydrogen (secondary N) is 1. The largest absolute Gasteiger partial charge is 0.318 e. The second-order valence-electron chi connectivity index (χ2n) is 4.67. The number of nitrogens with zero attached hydrogens (tertiary/aromatic N) is 1. The van der Waals surface area contributed by atoms with Crippen molar-refractivity contribution in [3.05, 3.63) is 29.8 Å². The fourth-order valence-corrected chi connectivity index (χ4v) is 2.94. The summed E-state index contributed by atoms with van der Waals surface area (Å²) in [6, 6.07) is 9.70. The molecule has 1 unspecified atom stereocenters. The van der Waals surface area contributed by atoms with Crippen LogP contribution in [0.3, 0.4) is 0 Å². The van der Waals surface area contributed by atoms with Gasteiger partial charge in [-0.25, -0.2) is 0 Å². The van der Waals surface area contributed by atoms with Gasteiger partial charge in [-0.05, 0) is 50.4 Å². The number of halogens is 1. The lowest BCUT2D eigenvalue weighted by molar-refractivity contribution is 0.242. The molecule has 1 saturated heterocycles. The van der Waals surface area contributed by atoms with Crippen molar-refractivity contribution in [2.75, 3.05) is 26.4 Å². The van der Waals surface area contributed by atoms with Gasteiger partial charge in [-0.1, -0.05) is 12.1 Å². The molecule has 0 amide bonds. The monoisotopic (exact) mass is 286 g/mol. The van der Waals surface area contributed by atoms with Gasteiger partial charge in [0, 0.05) is 24.0 Å². The minimum Gasteiger partial charge on any atom is -0.318 e. The van der Waals surface area contributed by atoms with Crippen LogP contribution in [-0.2, 0) is 6.54 Å². The molecular weight excluding hydrogens is 264 g/mol. The molecule has 0 spiro atoms. The van der Waals surface area contributed by atoms with Crippen molar-refractivity contribution in [2.45, 2.75) is 30.3 Å². The highest BCUT2D eigenvalue weighted by molar-refractivity contribution is 7.98. The normalized spacial score (nSPS) is 19.8. The van der Waals surface area contributed by atoms with E-state index in [4.69, 9.17) is 0 Å². The Kier molecular flexibility index (Phi) is 7.08. The van der Waals surface area contributed by atoms with Crippen molar-refractivity contribution < 1.29 is 0 Å². The summed E-state index contributed by atoms with van der Waals surface area (Å²) < 4.78 is 0. The zero-order valence-electron chi connectivity index (χ0n) is 11.2. The van der Waals surface area contributed by atoms with Crippen molar-refractivity contribution in [3.63, 3.8) is 0 Å². The van der Waals surface area contributed by atoms with Gasteiger partial charge in [0.2, 0.25) is 0 Å². The van der Waals surface area contributed by atoms with Gasteiger partial charge in [0.1, 0.15) is 0 Å². The molecule has 1 N–H and O–H groups in total. The van der Waals surface area contributed by atoms with Crippen LogP contribution < -0.4 is 5.32 Å². The minimum absolute atomic E-state index is 0. The number of hydrogen-bond donors (Lipinski definition) is 1. The van der Waals surface area contributed by atoms with E-state index in [2.05, 4.69) is 40.7 Å². The quantitative estimate of drug-likeness (QED) is 0.838. The molecule has 1 aliphatic heterocycles.